The molecule has 0 saturated carbocycles. The zero-order chi connectivity index (χ0) is 13.8. The third kappa shape index (κ3) is 4.00. The second kappa shape index (κ2) is 5.82. The van der Waals surface area contributed by atoms with Gasteiger partial charge >= 0.3 is 0 Å². The van der Waals surface area contributed by atoms with Crippen molar-refractivity contribution in [3.63, 3.8) is 0 Å². The van der Waals surface area contributed by atoms with Gasteiger partial charge in [-0.2, -0.15) is 0 Å². The van der Waals surface area contributed by atoms with Crippen molar-refractivity contribution in [2.75, 3.05) is 11.9 Å². The molecule has 0 aromatic heterocycles. The van der Waals surface area contributed by atoms with Crippen LogP contribution in [0.1, 0.15) is 27.2 Å². The fraction of sp³-hybridized carbons (Fsp3) is 0.538. The maximum absolute atomic E-state index is 10.7. The van der Waals surface area contributed by atoms with Crippen LogP contribution in [0, 0.1) is 15.5 Å². The minimum absolute atomic E-state index is 0.0344. The smallest absolute Gasteiger partial charge is 0.271 e. The van der Waals surface area contributed by atoms with Crippen LogP contribution in [0.3, 0.4) is 0 Å². The topological polar surface area (TPSA) is 75.4 Å². The summed E-state index contributed by atoms with van der Waals surface area (Å²) >= 11 is 0. The van der Waals surface area contributed by atoms with E-state index in [-0.39, 0.29) is 23.8 Å². The van der Waals surface area contributed by atoms with Gasteiger partial charge in [-0.3, -0.25) is 10.1 Å². The molecule has 1 unspecified atom stereocenters. The molecule has 1 rings (SSSR count). The highest BCUT2D eigenvalue weighted by Crippen LogP contribution is 2.26. The number of non-ortho nitro benzene ring substituents is 1. The molecule has 100 valence electrons. The van der Waals surface area contributed by atoms with Gasteiger partial charge in [0.05, 0.1) is 4.92 Å². The summed E-state index contributed by atoms with van der Waals surface area (Å²) < 4.78 is 0. The van der Waals surface area contributed by atoms with Crippen LogP contribution in [-0.2, 0) is 0 Å². The second-order valence-electron chi connectivity index (χ2n) is 5.38. The Morgan fingerprint density at radius 3 is 2.61 bits per heavy atom. The number of benzene rings is 1. The van der Waals surface area contributed by atoms with Crippen molar-refractivity contribution >= 4 is 11.4 Å². The number of nitrogens with one attached hydrogen (secondary N) is 1. The predicted molar refractivity (Wildman–Crippen MR) is 71.7 cm³/mol. The molecule has 0 aliphatic heterocycles. The molecule has 0 heterocycles. The summed E-state index contributed by atoms with van der Waals surface area (Å²) in [6.07, 6.45) is 0.603. The van der Waals surface area contributed by atoms with Crippen LogP contribution in [0.4, 0.5) is 11.4 Å². The van der Waals surface area contributed by atoms with Crippen molar-refractivity contribution in [3.8, 4) is 0 Å². The number of nitro benzene ring substituents is 1. The maximum atomic E-state index is 10.7. The average molecular weight is 252 g/mol. The summed E-state index contributed by atoms with van der Waals surface area (Å²) in [5.41, 5.74) is 0.738. The van der Waals surface area contributed by atoms with E-state index in [1.165, 1.54) is 12.1 Å². The molecule has 0 aliphatic carbocycles. The number of hydrogen-bond donors (Lipinski definition) is 2. The van der Waals surface area contributed by atoms with Crippen LogP contribution < -0.4 is 5.32 Å². The molecule has 1 atom stereocenters. The standard InChI is InChI=1S/C13H20N2O3/c1-13(2,3)12(7-8-16)14-10-5-4-6-11(9-10)15(17)18/h4-6,9,12,14,16H,7-8H2,1-3H3. The SMILES string of the molecule is CC(C)(C)C(CCO)Nc1cccc([N+](=O)[O-])c1. The van der Waals surface area contributed by atoms with Gasteiger partial charge in [0.15, 0.2) is 0 Å². The van der Waals surface area contributed by atoms with Crippen molar-refractivity contribution in [2.45, 2.75) is 33.2 Å². The van der Waals surface area contributed by atoms with E-state index in [1.807, 2.05) is 0 Å². The van der Waals surface area contributed by atoms with Gasteiger partial charge in [0.2, 0.25) is 0 Å². The number of rotatable bonds is 5. The fourth-order valence-electron chi connectivity index (χ4n) is 1.76. The third-order valence-corrected chi connectivity index (χ3v) is 2.86. The van der Waals surface area contributed by atoms with Crippen molar-refractivity contribution in [1.29, 1.82) is 0 Å². The lowest BCUT2D eigenvalue weighted by Gasteiger charge is -2.32. The minimum Gasteiger partial charge on any atom is -0.396 e. The van der Waals surface area contributed by atoms with E-state index in [2.05, 4.69) is 26.1 Å². The Bertz CT molecular complexity index is 413. The Kier molecular flexibility index (Phi) is 4.67. The third-order valence-electron chi connectivity index (χ3n) is 2.86. The number of anilines is 1. The quantitative estimate of drug-likeness (QED) is 0.624. The molecule has 0 fully saturated rings. The lowest BCUT2D eigenvalue weighted by molar-refractivity contribution is -0.384. The number of hydrogen-bond acceptors (Lipinski definition) is 4. The van der Waals surface area contributed by atoms with E-state index in [1.54, 1.807) is 12.1 Å². The summed E-state index contributed by atoms with van der Waals surface area (Å²) in [7, 11) is 0. The molecule has 0 spiro atoms. The number of aliphatic hydroxyl groups excluding tert-OH is 1. The molecule has 0 aliphatic rings. The fourth-order valence-corrected chi connectivity index (χ4v) is 1.76. The Balaban J connectivity index is 2.87. The Hall–Kier alpha value is -1.62. The largest absolute Gasteiger partial charge is 0.396 e. The van der Waals surface area contributed by atoms with Crippen LogP contribution in [0.25, 0.3) is 0 Å². The highest BCUT2D eigenvalue weighted by molar-refractivity contribution is 5.51. The predicted octanol–water partition coefficient (Wildman–Crippen LogP) is 2.80. The zero-order valence-corrected chi connectivity index (χ0v) is 11.0. The van der Waals surface area contributed by atoms with Crippen molar-refractivity contribution < 1.29 is 10.0 Å². The first-order chi connectivity index (χ1) is 8.34. The monoisotopic (exact) mass is 252 g/mol. The van der Waals surface area contributed by atoms with Gasteiger partial charge < -0.3 is 10.4 Å². The van der Waals surface area contributed by atoms with E-state index in [9.17, 15) is 10.1 Å². The molecule has 0 bridgehead atoms. The first kappa shape index (κ1) is 14.4. The molecule has 1 aromatic rings. The molecule has 5 nitrogen and oxygen atoms in total. The summed E-state index contributed by atoms with van der Waals surface area (Å²) in [4.78, 5) is 10.3. The summed E-state index contributed by atoms with van der Waals surface area (Å²) in [6, 6.07) is 6.48. The van der Waals surface area contributed by atoms with Gasteiger partial charge in [-0.1, -0.05) is 26.8 Å². The average Bonchev–Trinajstić information content (AvgIpc) is 2.27. The molecule has 0 amide bonds. The van der Waals surface area contributed by atoms with Gasteiger partial charge in [-0.15, -0.1) is 0 Å². The first-order valence-corrected chi connectivity index (χ1v) is 5.96. The minimum atomic E-state index is -0.413. The molecule has 1 aromatic carbocycles. The molecular formula is C13H20N2O3. The van der Waals surface area contributed by atoms with Gasteiger partial charge in [0.25, 0.3) is 5.69 Å². The van der Waals surface area contributed by atoms with E-state index < -0.39 is 4.92 Å². The normalized spacial score (nSPS) is 13.1. The van der Waals surface area contributed by atoms with Gasteiger partial charge in [-0.05, 0) is 17.9 Å². The highest BCUT2D eigenvalue weighted by atomic mass is 16.6. The van der Waals surface area contributed by atoms with Crippen LogP contribution in [-0.4, -0.2) is 22.7 Å². The van der Waals surface area contributed by atoms with Crippen LogP contribution in [0.2, 0.25) is 0 Å². The van der Waals surface area contributed by atoms with Crippen molar-refractivity contribution in [3.05, 3.63) is 34.4 Å². The second-order valence-corrected chi connectivity index (χ2v) is 5.38. The Labute approximate surface area is 107 Å². The highest BCUT2D eigenvalue weighted by Gasteiger charge is 2.24. The van der Waals surface area contributed by atoms with Crippen LogP contribution >= 0.6 is 0 Å². The maximum Gasteiger partial charge on any atom is 0.271 e. The summed E-state index contributed by atoms with van der Waals surface area (Å²) in [5.74, 6) is 0. The molecule has 5 heteroatoms. The number of aliphatic hydroxyl groups is 1. The molecule has 2 N–H and O–H groups in total. The first-order valence-electron chi connectivity index (χ1n) is 5.96. The van der Waals surface area contributed by atoms with Crippen molar-refractivity contribution in [1.82, 2.24) is 0 Å². The summed E-state index contributed by atoms with van der Waals surface area (Å²) in [6.45, 7) is 6.29. The number of nitrogens with zero attached hydrogens (tertiary/aromatic N) is 1. The van der Waals surface area contributed by atoms with E-state index in [0.717, 1.165) is 0 Å². The molecular weight excluding hydrogens is 232 g/mol. The van der Waals surface area contributed by atoms with Gasteiger partial charge in [0, 0.05) is 30.5 Å². The van der Waals surface area contributed by atoms with E-state index >= 15 is 0 Å². The van der Waals surface area contributed by atoms with Crippen LogP contribution in [0.5, 0.6) is 0 Å². The van der Waals surface area contributed by atoms with Gasteiger partial charge in [0.1, 0.15) is 0 Å². The zero-order valence-electron chi connectivity index (χ0n) is 11.0. The molecule has 18 heavy (non-hydrogen) atoms. The van der Waals surface area contributed by atoms with Gasteiger partial charge in [-0.25, -0.2) is 0 Å². The van der Waals surface area contributed by atoms with E-state index in [0.29, 0.717) is 12.1 Å². The number of nitro groups is 1. The Morgan fingerprint density at radius 2 is 2.11 bits per heavy atom. The summed E-state index contributed by atoms with van der Waals surface area (Å²) in [5, 5.41) is 23.0. The van der Waals surface area contributed by atoms with Crippen LogP contribution in [0.15, 0.2) is 24.3 Å². The molecule has 0 saturated heterocycles. The lowest BCUT2D eigenvalue weighted by atomic mass is 9.85. The molecule has 0 radical (unpaired) electrons. The lowest BCUT2D eigenvalue weighted by Crippen LogP contribution is -2.34. The Morgan fingerprint density at radius 1 is 1.44 bits per heavy atom. The van der Waals surface area contributed by atoms with E-state index in [4.69, 9.17) is 5.11 Å². The van der Waals surface area contributed by atoms with Crippen molar-refractivity contribution in [2.24, 2.45) is 5.41 Å².